The van der Waals surface area contributed by atoms with Crippen molar-refractivity contribution in [3.05, 3.63) is 65.2 Å². The second-order valence-electron chi connectivity index (χ2n) is 7.83. The maximum atomic E-state index is 13.2. The van der Waals surface area contributed by atoms with E-state index in [1.165, 1.54) is 18.2 Å². The molecule has 0 aliphatic carbocycles. The molecule has 2 rings (SSSR count). The summed E-state index contributed by atoms with van der Waals surface area (Å²) in [5.41, 5.74) is 0.765. The van der Waals surface area contributed by atoms with Gasteiger partial charge in [-0.1, -0.05) is 43.3 Å². The van der Waals surface area contributed by atoms with Crippen LogP contribution >= 0.6 is 0 Å². The molecule has 5 nitrogen and oxygen atoms in total. The molecule has 8 heteroatoms. The van der Waals surface area contributed by atoms with Crippen molar-refractivity contribution >= 4 is 5.71 Å². The molecule has 0 bridgehead atoms. The minimum Gasteiger partial charge on any atom is -0.493 e. The molecule has 0 aliphatic rings. The van der Waals surface area contributed by atoms with Crippen LogP contribution in [0.1, 0.15) is 57.2 Å². The van der Waals surface area contributed by atoms with E-state index in [1.807, 2.05) is 65.8 Å². The quantitative estimate of drug-likeness (QED) is 0.127. The summed E-state index contributed by atoms with van der Waals surface area (Å²) in [5.74, 6) is 1.96. The Morgan fingerprint density at radius 2 is 1.69 bits per heavy atom. The van der Waals surface area contributed by atoms with Gasteiger partial charge in [0.2, 0.25) is 0 Å². The molecular formula is C28H38F3NO4. The molecule has 0 saturated carbocycles. The fourth-order valence-electron chi connectivity index (χ4n) is 3.37. The number of halogens is 3. The summed E-state index contributed by atoms with van der Waals surface area (Å²) >= 11 is 0. The molecule has 0 aromatic heterocycles. The van der Waals surface area contributed by atoms with Crippen LogP contribution < -0.4 is 14.2 Å². The lowest BCUT2D eigenvalue weighted by Crippen LogP contribution is -2.24. The molecule has 36 heavy (non-hydrogen) atoms. The van der Waals surface area contributed by atoms with Crippen LogP contribution in [0.5, 0.6) is 17.2 Å². The zero-order chi connectivity index (χ0) is 27.1. The van der Waals surface area contributed by atoms with E-state index in [4.69, 9.17) is 14.2 Å². The van der Waals surface area contributed by atoms with Gasteiger partial charge in [-0.05, 0) is 75.9 Å². The van der Waals surface area contributed by atoms with Crippen LogP contribution in [0.2, 0.25) is 0 Å². The van der Waals surface area contributed by atoms with Crippen LogP contribution in [-0.4, -0.2) is 38.3 Å². The monoisotopic (exact) mass is 509 g/mol. The molecule has 1 atom stereocenters. The van der Waals surface area contributed by atoms with Crippen molar-refractivity contribution in [3.63, 3.8) is 0 Å². The number of allylic oxidation sites excluding steroid dienone is 1. The predicted molar refractivity (Wildman–Crippen MR) is 138 cm³/mol. The standard InChI is InChI=1S/C26H32F3NO4.C2H6/c1-6-7-13-32-23-15-18(2)24(19(3)16-23)33-14-9-10-20(4)34-22-12-8-11-21(17-22)25(30-31-5)26(27,28)29;1-2/h6-8,11-12,15-17,20H,9-10,13-14H2,1-5H3;1-2H3/b7-6+,30-25+;. The molecule has 0 saturated heterocycles. The SMILES string of the molecule is C/C=C/COc1cc(C)c(OCCCC(C)Oc2cccc(/C(=N\OC)C(F)(F)F)c2)c(C)c1.CC. The molecule has 0 amide bonds. The maximum Gasteiger partial charge on any atom is 0.437 e. The predicted octanol–water partition coefficient (Wildman–Crippen LogP) is 7.82. The fraction of sp³-hybridized carbons (Fsp3) is 0.464. The van der Waals surface area contributed by atoms with Gasteiger partial charge in [-0.25, -0.2) is 0 Å². The van der Waals surface area contributed by atoms with Crippen molar-refractivity contribution in [1.29, 1.82) is 0 Å². The van der Waals surface area contributed by atoms with Gasteiger partial charge >= 0.3 is 6.18 Å². The van der Waals surface area contributed by atoms with E-state index < -0.39 is 11.9 Å². The molecule has 1 unspecified atom stereocenters. The lowest BCUT2D eigenvalue weighted by molar-refractivity contribution is -0.0608. The fourth-order valence-corrected chi connectivity index (χ4v) is 3.37. The summed E-state index contributed by atoms with van der Waals surface area (Å²) < 4.78 is 57.1. The van der Waals surface area contributed by atoms with Gasteiger partial charge in [0.1, 0.15) is 31.0 Å². The van der Waals surface area contributed by atoms with E-state index in [0.29, 0.717) is 25.4 Å². The van der Waals surface area contributed by atoms with E-state index in [1.54, 1.807) is 6.07 Å². The first-order chi connectivity index (χ1) is 17.2. The van der Waals surface area contributed by atoms with Crippen LogP contribution in [0.25, 0.3) is 0 Å². The number of hydrogen-bond donors (Lipinski definition) is 0. The lowest BCUT2D eigenvalue weighted by atomic mass is 10.1. The normalized spacial score (nSPS) is 12.6. The number of benzene rings is 2. The molecule has 0 aliphatic heterocycles. The molecular weight excluding hydrogens is 471 g/mol. The number of aryl methyl sites for hydroxylation is 2. The van der Waals surface area contributed by atoms with Crippen LogP contribution in [0.15, 0.2) is 53.7 Å². The number of hydrogen-bond acceptors (Lipinski definition) is 5. The van der Waals surface area contributed by atoms with Crippen molar-refractivity contribution in [2.45, 2.75) is 66.7 Å². The highest BCUT2D eigenvalue weighted by atomic mass is 19.4. The summed E-state index contributed by atoms with van der Waals surface area (Å²) in [6.07, 6.45) is 0.427. The number of oxime groups is 1. The van der Waals surface area contributed by atoms with Crippen molar-refractivity contribution in [1.82, 2.24) is 0 Å². The van der Waals surface area contributed by atoms with E-state index >= 15 is 0 Å². The highest BCUT2D eigenvalue weighted by Gasteiger charge is 2.38. The number of ether oxygens (including phenoxy) is 3. The second kappa shape index (κ2) is 15.8. The van der Waals surface area contributed by atoms with Gasteiger partial charge in [0.15, 0.2) is 5.71 Å². The van der Waals surface area contributed by atoms with Crippen LogP contribution in [-0.2, 0) is 4.84 Å². The topological polar surface area (TPSA) is 49.3 Å². The van der Waals surface area contributed by atoms with Crippen LogP contribution in [0.3, 0.4) is 0 Å². The minimum atomic E-state index is -4.63. The summed E-state index contributed by atoms with van der Waals surface area (Å²) in [6.45, 7) is 12.8. The van der Waals surface area contributed by atoms with Gasteiger partial charge in [0.25, 0.3) is 0 Å². The number of rotatable bonds is 12. The second-order valence-corrected chi connectivity index (χ2v) is 7.83. The molecule has 0 spiro atoms. The Labute approximate surface area is 212 Å². The lowest BCUT2D eigenvalue weighted by Gasteiger charge is -2.17. The third-order valence-corrected chi connectivity index (χ3v) is 4.91. The highest BCUT2D eigenvalue weighted by Crippen LogP contribution is 2.29. The third-order valence-electron chi connectivity index (χ3n) is 4.91. The van der Waals surface area contributed by atoms with Crippen LogP contribution in [0.4, 0.5) is 13.2 Å². The van der Waals surface area contributed by atoms with Crippen molar-refractivity contribution in [2.24, 2.45) is 5.16 Å². The maximum absolute atomic E-state index is 13.2. The largest absolute Gasteiger partial charge is 0.493 e. The molecule has 0 heterocycles. The molecule has 0 radical (unpaired) electrons. The van der Waals surface area contributed by atoms with Gasteiger partial charge < -0.3 is 19.0 Å². The van der Waals surface area contributed by atoms with Gasteiger partial charge in [0, 0.05) is 5.56 Å². The van der Waals surface area contributed by atoms with Gasteiger partial charge in [-0.3, -0.25) is 0 Å². The molecule has 0 fully saturated rings. The van der Waals surface area contributed by atoms with E-state index in [0.717, 1.165) is 36.2 Å². The smallest absolute Gasteiger partial charge is 0.437 e. The van der Waals surface area contributed by atoms with Crippen molar-refractivity contribution in [2.75, 3.05) is 20.3 Å². The van der Waals surface area contributed by atoms with Crippen LogP contribution in [0, 0.1) is 13.8 Å². The van der Waals surface area contributed by atoms with Gasteiger partial charge in [-0.2, -0.15) is 13.2 Å². The Morgan fingerprint density at radius 3 is 2.28 bits per heavy atom. The zero-order valence-corrected chi connectivity index (χ0v) is 22.2. The summed E-state index contributed by atoms with van der Waals surface area (Å²) in [6, 6.07) is 9.64. The first-order valence-electron chi connectivity index (χ1n) is 12.1. The summed E-state index contributed by atoms with van der Waals surface area (Å²) in [5, 5.41) is 3.12. The highest BCUT2D eigenvalue weighted by molar-refractivity contribution is 6.04. The zero-order valence-electron chi connectivity index (χ0n) is 22.2. The number of nitrogens with zero attached hydrogens (tertiary/aromatic N) is 1. The van der Waals surface area contributed by atoms with E-state index in [9.17, 15) is 13.2 Å². The van der Waals surface area contributed by atoms with Crippen molar-refractivity contribution < 1.29 is 32.2 Å². The van der Waals surface area contributed by atoms with E-state index in [-0.39, 0.29) is 11.7 Å². The van der Waals surface area contributed by atoms with Gasteiger partial charge in [-0.15, -0.1) is 0 Å². The Balaban J connectivity index is 0.00000316. The minimum absolute atomic E-state index is 0.119. The first-order valence-corrected chi connectivity index (χ1v) is 12.1. The Kier molecular flexibility index (Phi) is 13.5. The average Bonchev–Trinajstić information content (AvgIpc) is 2.82. The summed E-state index contributed by atoms with van der Waals surface area (Å²) in [7, 11) is 1.08. The number of alkyl halides is 3. The summed E-state index contributed by atoms with van der Waals surface area (Å²) in [4.78, 5) is 4.36. The molecule has 200 valence electrons. The molecule has 2 aromatic rings. The third kappa shape index (κ3) is 10.2. The van der Waals surface area contributed by atoms with E-state index in [2.05, 4.69) is 9.99 Å². The molecule has 2 aromatic carbocycles. The van der Waals surface area contributed by atoms with Crippen molar-refractivity contribution in [3.8, 4) is 17.2 Å². The average molecular weight is 510 g/mol. The Morgan fingerprint density at radius 1 is 1.03 bits per heavy atom. The van der Waals surface area contributed by atoms with Gasteiger partial charge in [0.05, 0.1) is 12.7 Å². The first kappa shape index (κ1) is 30.9. The molecule has 0 N–H and O–H groups in total. The Bertz CT molecular complexity index is 964. The Hall–Kier alpha value is -3.16.